The molecule has 2 aromatic rings. The van der Waals surface area contributed by atoms with Gasteiger partial charge in [0.2, 0.25) is 0 Å². The van der Waals surface area contributed by atoms with E-state index in [2.05, 4.69) is 36.5 Å². The van der Waals surface area contributed by atoms with Crippen molar-refractivity contribution in [3.63, 3.8) is 0 Å². The maximum atomic E-state index is 12.2. The number of nitrogens with zero attached hydrogens (tertiary/aromatic N) is 2. The van der Waals surface area contributed by atoms with Crippen molar-refractivity contribution in [2.75, 3.05) is 24.3 Å². The second kappa shape index (κ2) is 7.03. The van der Waals surface area contributed by atoms with E-state index in [0.29, 0.717) is 23.8 Å². The Labute approximate surface area is 131 Å². The molecule has 0 aliphatic heterocycles. The topological polar surface area (TPSA) is 76.1 Å². The first-order valence-corrected chi connectivity index (χ1v) is 7.14. The summed E-state index contributed by atoms with van der Waals surface area (Å²) in [4.78, 5) is 20.4. The minimum atomic E-state index is -0.337. The third-order valence-electron chi connectivity index (χ3n) is 2.65. The van der Waals surface area contributed by atoms with Gasteiger partial charge in [-0.3, -0.25) is 9.78 Å². The summed E-state index contributed by atoms with van der Waals surface area (Å²) in [6.45, 7) is 2.66. The first-order chi connectivity index (χ1) is 10.1. The van der Waals surface area contributed by atoms with Crippen molar-refractivity contribution >= 4 is 33.3 Å². The molecule has 1 amide bonds. The first kappa shape index (κ1) is 15.2. The van der Waals surface area contributed by atoms with Gasteiger partial charge in [-0.15, -0.1) is 0 Å². The van der Waals surface area contributed by atoms with Gasteiger partial charge in [0, 0.05) is 17.1 Å². The molecule has 0 unspecified atom stereocenters. The van der Waals surface area contributed by atoms with Crippen molar-refractivity contribution in [3.8, 4) is 5.75 Å². The number of hydrogen-bond donors (Lipinski definition) is 2. The van der Waals surface area contributed by atoms with Crippen LogP contribution in [0.3, 0.4) is 0 Å². The number of rotatable bonds is 5. The zero-order valence-electron chi connectivity index (χ0n) is 11.7. The van der Waals surface area contributed by atoms with E-state index in [1.165, 1.54) is 6.20 Å². The molecular formula is C14H15BrN4O2. The molecule has 0 aliphatic rings. The van der Waals surface area contributed by atoms with Gasteiger partial charge in [-0.1, -0.05) is 0 Å². The molecule has 0 radical (unpaired) electrons. The standard InChI is InChI=1S/C14H15BrN4O2/c1-3-17-13-8-16-7-12(18-13)14(20)19-11-6-9(21-2)4-5-10(11)15/h4-8H,3H2,1-2H3,(H,17,18)(H,19,20). The van der Waals surface area contributed by atoms with E-state index in [4.69, 9.17) is 4.74 Å². The van der Waals surface area contributed by atoms with Crippen LogP contribution in [0.2, 0.25) is 0 Å². The number of nitrogens with one attached hydrogen (secondary N) is 2. The predicted octanol–water partition coefficient (Wildman–Crippen LogP) is 2.93. The third kappa shape index (κ3) is 3.91. The Morgan fingerprint density at radius 3 is 2.90 bits per heavy atom. The highest BCUT2D eigenvalue weighted by Gasteiger charge is 2.11. The number of benzene rings is 1. The Morgan fingerprint density at radius 1 is 1.38 bits per heavy atom. The molecule has 0 aliphatic carbocycles. The highest BCUT2D eigenvalue weighted by molar-refractivity contribution is 9.10. The van der Waals surface area contributed by atoms with Crippen LogP contribution in [0, 0.1) is 0 Å². The summed E-state index contributed by atoms with van der Waals surface area (Å²) in [6, 6.07) is 5.32. The molecule has 0 saturated carbocycles. The average Bonchev–Trinajstić information content (AvgIpc) is 2.50. The quantitative estimate of drug-likeness (QED) is 0.866. The van der Waals surface area contributed by atoms with Gasteiger partial charge >= 0.3 is 0 Å². The van der Waals surface area contributed by atoms with Crippen LogP contribution < -0.4 is 15.4 Å². The summed E-state index contributed by atoms with van der Waals surface area (Å²) in [5, 5.41) is 5.79. The Morgan fingerprint density at radius 2 is 2.19 bits per heavy atom. The van der Waals surface area contributed by atoms with Crippen LogP contribution in [-0.2, 0) is 0 Å². The van der Waals surface area contributed by atoms with Gasteiger partial charge < -0.3 is 15.4 Å². The van der Waals surface area contributed by atoms with Crippen molar-refractivity contribution in [2.45, 2.75) is 6.92 Å². The minimum Gasteiger partial charge on any atom is -0.497 e. The van der Waals surface area contributed by atoms with Crippen LogP contribution in [0.1, 0.15) is 17.4 Å². The van der Waals surface area contributed by atoms with E-state index in [-0.39, 0.29) is 11.6 Å². The summed E-state index contributed by atoms with van der Waals surface area (Å²) >= 11 is 3.38. The number of carbonyl (C=O) groups excluding carboxylic acids is 1. The second-order valence-electron chi connectivity index (χ2n) is 4.12. The Bertz CT molecular complexity index is 649. The number of aromatic nitrogens is 2. The molecule has 0 fully saturated rings. The van der Waals surface area contributed by atoms with Gasteiger partial charge in [0.1, 0.15) is 17.3 Å². The summed E-state index contributed by atoms with van der Waals surface area (Å²) in [6.07, 6.45) is 2.99. The number of halogens is 1. The zero-order valence-corrected chi connectivity index (χ0v) is 13.3. The first-order valence-electron chi connectivity index (χ1n) is 6.35. The monoisotopic (exact) mass is 350 g/mol. The van der Waals surface area contributed by atoms with Crippen molar-refractivity contribution in [2.24, 2.45) is 0 Å². The van der Waals surface area contributed by atoms with Crippen LogP contribution in [-0.4, -0.2) is 29.5 Å². The van der Waals surface area contributed by atoms with Gasteiger partial charge in [0.15, 0.2) is 0 Å². The van der Waals surface area contributed by atoms with E-state index < -0.39 is 0 Å². The van der Waals surface area contributed by atoms with Crippen molar-refractivity contribution in [1.82, 2.24) is 9.97 Å². The minimum absolute atomic E-state index is 0.239. The van der Waals surface area contributed by atoms with Crippen molar-refractivity contribution in [1.29, 1.82) is 0 Å². The molecule has 0 bridgehead atoms. The van der Waals surface area contributed by atoms with E-state index in [1.807, 2.05) is 6.92 Å². The van der Waals surface area contributed by atoms with Gasteiger partial charge in [0.25, 0.3) is 5.91 Å². The molecule has 1 aromatic carbocycles. The van der Waals surface area contributed by atoms with Crippen LogP contribution in [0.15, 0.2) is 35.1 Å². The maximum absolute atomic E-state index is 12.2. The fourth-order valence-electron chi connectivity index (χ4n) is 1.66. The number of methoxy groups -OCH3 is 1. The highest BCUT2D eigenvalue weighted by atomic mass is 79.9. The Balaban J connectivity index is 2.19. The average molecular weight is 351 g/mol. The number of amides is 1. The predicted molar refractivity (Wildman–Crippen MR) is 84.8 cm³/mol. The molecule has 1 aromatic heterocycles. The molecule has 0 saturated heterocycles. The lowest BCUT2D eigenvalue weighted by Gasteiger charge is -2.09. The zero-order chi connectivity index (χ0) is 15.2. The van der Waals surface area contributed by atoms with Crippen LogP contribution in [0.4, 0.5) is 11.5 Å². The smallest absolute Gasteiger partial charge is 0.275 e. The number of anilines is 2. The highest BCUT2D eigenvalue weighted by Crippen LogP contribution is 2.27. The van der Waals surface area contributed by atoms with Crippen LogP contribution in [0.25, 0.3) is 0 Å². The molecule has 6 nitrogen and oxygen atoms in total. The van der Waals surface area contributed by atoms with Gasteiger partial charge in [0.05, 0.1) is 25.2 Å². The molecule has 21 heavy (non-hydrogen) atoms. The summed E-state index contributed by atoms with van der Waals surface area (Å²) < 4.78 is 5.89. The van der Waals surface area contributed by atoms with E-state index in [1.54, 1.807) is 31.5 Å². The molecule has 0 atom stereocenters. The molecule has 2 rings (SSSR count). The van der Waals surface area contributed by atoms with Crippen molar-refractivity contribution < 1.29 is 9.53 Å². The SMILES string of the molecule is CCNc1cncc(C(=O)Nc2cc(OC)ccc2Br)n1. The third-order valence-corrected chi connectivity index (χ3v) is 3.34. The molecule has 0 spiro atoms. The van der Waals surface area contributed by atoms with Gasteiger partial charge in [-0.05, 0) is 35.0 Å². The molecular weight excluding hydrogens is 336 g/mol. The normalized spacial score (nSPS) is 10.0. The van der Waals surface area contributed by atoms with Gasteiger partial charge in [-0.25, -0.2) is 4.98 Å². The van der Waals surface area contributed by atoms with Crippen LogP contribution >= 0.6 is 15.9 Å². The maximum Gasteiger partial charge on any atom is 0.275 e. The lowest BCUT2D eigenvalue weighted by atomic mass is 10.3. The summed E-state index contributed by atoms with van der Waals surface area (Å²) in [5.41, 5.74) is 0.846. The molecule has 2 N–H and O–H groups in total. The van der Waals surface area contributed by atoms with E-state index in [0.717, 1.165) is 4.47 Å². The summed E-state index contributed by atoms with van der Waals surface area (Å²) in [7, 11) is 1.57. The number of carbonyl (C=O) groups is 1. The Hall–Kier alpha value is -2.15. The Kier molecular flexibility index (Phi) is 5.10. The number of hydrogen-bond acceptors (Lipinski definition) is 5. The fourth-order valence-corrected chi connectivity index (χ4v) is 2.00. The molecule has 7 heteroatoms. The van der Waals surface area contributed by atoms with Gasteiger partial charge in [-0.2, -0.15) is 0 Å². The lowest BCUT2D eigenvalue weighted by molar-refractivity contribution is 0.102. The lowest BCUT2D eigenvalue weighted by Crippen LogP contribution is -2.15. The number of ether oxygens (including phenoxy) is 1. The molecule has 1 heterocycles. The molecule has 110 valence electrons. The largest absolute Gasteiger partial charge is 0.497 e. The van der Waals surface area contributed by atoms with Crippen molar-refractivity contribution in [3.05, 3.63) is 40.8 Å². The summed E-state index contributed by atoms with van der Waals surface area (Å²) in [5.74, 6) is 0.882. The second-order valence-corrected chi connectivity index (χ2v) is 4.97. The van der Waals surface area contributed by atoms with Crippen LogP contribution in [0.5, 0.6) is 5.75 Å². The fraction of sp³-hybridized carbons (Fsp3) is 0.214. The van der Waals surface area contributed by atoms with E-state index >= 15 is 0 Å². The van der Waals surface area contributed by atoms with E-state index in [9.17, 15) is 4.79 Å².